The fourth-order valence-electron chi connectivity index (χ4n) is 3.08. The summed E-state index contributed by atoms with van der Waals surface area (Å²) in [6.45, 7) is 7.93. The van der Waals surface area contributed by atoms with Crippen LogP contribution in [0.2, 0.25) is 0 Å². The molecule has 2 aromatic rings. The number of thiophene rings is 1. The standard InChI is InChI=1S/C17H25N3S/c1-17(2,3)16(11-20-9-8-18-12-20)19-14-5-4-6-15-13(14)7-10-21-15/h7-10,12,14,16,19H,4-6,11H2,1-3H3. The first kappa shape index (κ1) is 14.8. The quantitative estimate of drug-likeness (QED) is 0.924. The predicted molar refractivity (Wildman–Crippen MR) is 88.6 cm³/mol. The molecule has 0 saturated carbocycles. The van der Waals surface area contributed by atoms with Crippen LogP contribution >= 0.6 is 11.3 Å². The molecule has 2 atom stereocenters. The van der Waals surface area contributed by atoms with E-state index in [4.69, 9.17) is 0 Å². The third-order valence-electron chi connectivity index (χ3n) is 4.45. The van der Waals surface area contributed by atoms with Crippen molar-refractivity contribution in [1.29, 1.82) is 0 Å². The van der Waals surface area contributed by atoms with Crippen molar-refractivity contribution in [3.63, 3.8) is 0 Å². The number of rotatable bonds is 4. The van der Waals surface area contributed by atoms with E-state index >= 15 is 0 Å². The van der Waals surface area contributed by atoms with Crippen molar-refractivity contribution in [2.75, 3.05) is 0 Å². The van der Waals surface area contributed by atoms with Gasteiger partial charge < -0.3 is 9.88 Å². The topological polar surface area (TPSA) is 29.9 Å². The van der Waals surface area contributed by atoms with Gasteiger partial charge in [-0.1, -0.05) is 20.8 Å². The zero-order chi connectivity index (χ0) is 14.9. The third-order valence-corrected chi connectivity index (χ3v) is 5.45. The second kappa shape index (κ2) is 5.93. The summed E-state index contributed by atoms with van der Waals surface area (Å²) in [5.41, 5.74) is 1.75. The first-order valence-electron chi connectivity index (χ1n) is 7.82. The van der Waals surface area contributed by atoms with Crippen molar-refractivity contribution in [3.8, 4) is 0 Å². The molecule has 2 heterocycles. The van der Waals surface area contributed by atoms with Gasteiger partial charge in [0.15, 0.2) is 0 Å². The van der Waals surface area contributed by atoms with Gasteiger partial charge in [-0.3, -0.25) is 0 Å². The Hall–Kier alpha value is -1.13. The van der Waals surface area contributed by atoms with Crippen LogP contribution in [0, 0.1) is 5.41 Å². The SMILES string of the molecule is CC(C)(C)C(Cn1ccnc1)NC1CCCc2sccc21. The highest BCUT2D eigenvalue weighted by atomic mass is 32.1. The van der Waals surface area contributed by atoms with E-state index in [0.29, 0.717) is 12.1 Å². The van der Waals surface area contributed by atoms with Gasteiger partial charge in [0.2, 0.25) is 0 Å². The highest BCUT2D eigenvalue weighted by Gasteiger charge is 2.30. The fraction of sp³-hybridized carbons (Fsp3) is 0.588. The highest BCUT2D eigenvalue weighted by molar-refractivity contribution is 7.10. The number of fused-ring (bicyclic) bond motifs is 1. The average Bonchev–Trinajstić information content (AvgIpc) is 3.07. The van der Waals surface area contributed by atoms with Gasteiger partial charge in [0.05, 0.1) is 6.33 Å². The molecule has 3 rings (SSSR count). The fourth-order valence-corrected chi connectivity index (χ4v) is 4.07. The molecule has 114 valence electrons. The largest absolute Gasteiger partial charge is 0.336 e. The lowest BCUT2D eigenvalue weighted by Gasteiger charge is -2.36. The number of aryl methyl sites for hydroxylation is 1. The van der Waals surface area contributed by atoms with Gasteiger partial charge in [-0.05, 0) is 41.7 Å². The minimum Gasteiger partial charge on any atom is -0.336 e. The molecule has 0 saturated heterocycles. The number of aromatic nitrogens is 2. The Morgan fingerprint density at radius 2 is 2.33 bits per heavy atom. The summed E-state index contributed by atoms with van der Waals surface area (Å²) in [5.74, 6) is 0. The Labute approximate surface area is 131 Å². The molecular weight excluding hydrogens is 278 g/mol. The first-order valence-corrected chi connectivity index (χ1v) is 8.70. The molecule has 2 unspecified atom stereocenters. The van der Waals surface area contributed by atoms with Crippen LogP contribution < -0.4 is 5.32 Å². The Morgan fingerprint density at radius 1 is 1.48 bits per heavy atom. The Balaban J connectivity index is 1.77. The first-order chi connectivity index (χ1) is 10.0. The van der Waals surface area contributed by atoms with Gasteiger partial charge in [-0.15, -0.1) is 11.3 Å². The van der Waals surface area contributed by atoms with Gasteiger partial charge in [0.25, 0.3) is 0 Å². The molecular formula is C17H25N3S. The molecule has 0 bridgehead atoms. The van der Waals surface area contributed by atoms with Crippen molar-refractivity contribution in [2.45, 2.75) is 58.7 Å². The monoisotopic (exact) mass is 303 g/mol. The van der Waals surface area contributed by atoms with Gasteiger partial charge >= 0.3 is 0 Å². The van der Waals surface area contributed by atoms with Crippen LogP contribution in [0.15, 0.2) is 30.2 Å². The maximum atomic E-state index is 4.17. The van der Waals surface area contributed by atoms with Crippen LogP contribution in [0.4, 0.5) is 0 Å². The zero-order valence-corrected chi connectivity index (χ0v) is 14.0. The van der Waals surface area contributed by atoms with Crippen molar-refractivity contribution in [2.24, 2.45) is 5.41 Å². The van der Waals surface area contributed by atoms with Gasteiger partial charge in [0, 0.05) is 35.9 Å². The molecule has 0 fully saturated rings. The molecule has 4 heteroatoms. The van der Waals surface area contributed by atoms with Crippen LogP contribution in [0.5, 0.6) is 0 Å². The molecule has 21 heavy (non-hydrogen) atoms. The maximum Gasteiger partial charge on any atom is 0.0946 e. The molecule has 2 aromatic heterocycles. The molecule has 3 nitrogen and oxygen atoms in total. The highest BCUT2D eigenvalue weighted by Crippen LogP contribution is 2.35. The second-order valence-corrected chi connectivity index (χ2v) is 8.09. The summed E-state index contributed by atoms with van der Waals surface area (Å²) in [7, 11) is 0. The lowest BCUT2D eigenvalue weighted by Crippen LogP contribution is -2.45. The smallest absolute Gasteiger partial charge is 0.0946 e. The summed E-state index contributed by atoms with van der Waals surface area (Å²) >= 11 is 1.91. The summed E-state index contributed by atoms with van der Waals surface area (Å²) in [6, 6.07) is 3.25. The molecule has 0 aliphatic heterocycles. The Kier molecular flexibility index (Phi) is 4.18. The van der Waals surface area contributed by atoms with Gasteiger partial charge in [-0.2, -0.15) is 0 Å². The van der Waals surface area contributed by atoms with Gasteiger partial charge in [-0.25, -0.2) is 4.98 Å². The van der Waals surface area contributed by atoms with E-state index in [1.54, 1.807) is 4.88 Å². The van der Waals surface area contributed by atoms with Gasteiger partial charge in [0.1, 0.15) is 0 Å². The number of nitrogens with zero attached hydrogens (tertiary/aromatic N) is 2. The molecule has 1 aliphatic rings. The van der Waals surface area contributed by atoms with Crippen LogP contribution in [-0.2, 0) is 13.0 Å². The number of hydrogen-bond donors (Lipinski definition) is 1. The summed E-state index contributed by atoms with van der Waals surface area (Å²) < 4.78 is 2.18. The lowest BCUT2D eigenvalue weighted by molar-refractivity contribution is 0.215. The van der Waals surface area contributed by atoms with Crippen LogP contribution in [0.25, 0.3) is 0 Å². The molecule has 1 N–H and O–H groups in total. The number of nitrogens with one attached hydrogen (secondary N) is 1. The summed E-state index contributed by atoms with van der Waals surface area (Å²) in [4.78, 5) is 5.75. The predicted octanol–water partition coefficient (Wildman–Crippen LogP) is 4.03. The van der Waals surface area contributed by atoms with E-state index in [9.17, 15) is 0 Å². The Morgan fingerprint density at radius 3 is 3.05 bits per heavy atom. The average molecular weight is 303 g/mol. The van der Waals surface area contributed by atoms with Crippen LogP contribution in [-0.4, -0.2) is 15.6 Å². The molecule has 0 radical (unpaired) electrons. The van der Waals surface area contributed by atoms with E-state index < -0.39 is 0 Å². The second-order valence-electron chi connectivity index (χ2n) is 7.09. The van der Waals surface area contributed by atoms with E-state index in [1.807, 2.05) is 23.9 Å². The minimum absolute atomic E-state index is 0.220. The van der Waals surface area contributed by atoms with Crippen LogP contribution in [0.3, 0.4) is 0 Å². The summed E-state index contributed by atoms with van der Waals surface area (Å²) in [5, 5.41) is 6.18. The Bertz CT molecular complexity index is 565. The molecule has 1 aliphatic carbocycles. The van der Waals surface area contributed by atoms with Crippen LogP contribution in [0.1, 0.15) is 50.1 Å². The molecule has 0 aromatic carbocycles. The zero-order valence-electron chi connectivity index (χ0n) is 13.2. The lowest BCUT2D eigenvalue weighted by atomic mass is 9.84. The molecule has 0 spiro atoms. The van der Waals surface area contributed by atoms with Crippen molar-refractivity contribution < 1.29 is 0 Å². The normalized spacial score (nSPS) is 20.2. The van der Waals surface area contributed by atoms with E-state index in [-0.39, 0.29) is 5.41 Å². The van der Waals surface area contributed by atoms with E-state index in [2.05, 4.69) is 53.3 Å². The van der Waals surface area contributed by atoms with E-state index in [0.717, 1.165) is 6.54 Å². The summed E-state index contributed by atoms with van der Waals surface area (Å²) in [6.07, 6.45) is 9.63. The number of hydrogen-bond acceptors (Lipinski definition) is 3. The number of imidazole rings is 1. The van der Waals surface area contributed by atoms with Crippen molar-refractivity contribution in [3.05, 3.63) is 40.6 Å². The maximum absolute atomic E-state index is 4.17. The molecule has 0 amide bonds. The minimum atomic E-state index is 0.220. The third kappa shape index (κ3) is 3.38. The van der Waals surface area contributed by atoms with E-state index in [1.165, 1.54) is 24.8 Å². The van der Waals surface area contributed by atoms with Crippen molar-refractivity contribution >= 4 is 11.3 Å². The van der Waals surface area contributed by atoms with Crippen molar-refractivity contribution in [1.82, 2.24) is 14.9 Å².